The summed E-state index contributed by atoms with van der Waals surface area (Å²) in [6.45, 7) is 1.99. The first-order chi connectivity index (χ1) is 8.70. The van der Waals surface area contributed by atoms with E-state index >= 15 is 0 Å². The van der Waals surface area contributed by atoms with E-state index in [9.17, 15) is 9.59 Å². The Labute approximate surface area is 108 Å². The van der Waals surface area contributed by atoms with Crippen LogP contribution in [-0.4, -0.2) is 15.9 Å². The van der Waals surface area contributed by atoms with E-state index in [0.717, 1.165) is 11.4 Å². The Balaban J connectivity index is 2.10. The van der Waals surface area contributed by atoms with Gasteiger partial charge < -0.3 is 10.3 Å². The Morgan fingerprint density at radius 2 is 2.39 bits per heavy atom. The molecule has 0 bridgehead atoms. The third-order valence-electron chi connectivity index (χ3n) is 2.51. The maximum atomic E-state index is 12.0. The highest BCUT2D eigenvalue weighted by molar-refractivity contribution is 7.09. The number of carbonyl (C=O) groups is 1. The van der Waals surface area contributed by atoms with Crippen LogP contribution in [-0.2, 0) is 0 Å². The van der Waals surface area contributed by atoms with Gasteiger partial charge in [0, 0.05) is 23.8 Å². The predicted molar refractivity (Wildman–Crippen MR) is 69.7 cm³/mol. The van der Waals surface area contributed by atoms with Gasteiger partial charge in [-0.1, -0.05) is 6.92 Å². The van der Waals surface area contributed by atoms with E-state index in [0.29, 0.717) is 5.56 Å². The summed E-state index contributed by atoms with van der Waals surface area (Å²) >= 11 is 1.51. The molecule has 0 aliphatic heterocycles. The van der Waals surface area contributed by atoms with Crippen LogP contribution in [0.4, 0.5) is 0 Å². The second-order valence-corrected chi connectivity index (χ2v) is 4.67. The van der Waals surface area contributed by atoms with Gasteiger partial charge in [-0.3, -0.25) is 9.59 Å². The molecule has 2 rings (SSSR count). The Kier molecular flexibility index (Phi) is 3.88. The van der Waals surface area contributed by atoms with Crippen molar-refractivity contribution in [3.63, 3.8) is 0 Å². The van der Waals surface area contributed by atoms with Crippen molar-refractivity contribution < 1.29 is 4.79 Å². The highest BCUT2D eigenvalue weighted by Gasteiger charge is 2.15. The van der Waals surface area contributed by atoms with Crippen molar-refractivity contribution in [1.82, 2.24) is 15.3 Å². The predicted octanol–water partition coefficient (Wildman–Crippen LogP) is 1.71. The Morgan fingerprint density at radius 3 is 2.94 bits per heavy atom. The maximum Gasteiger partial charge on any atom is 0.253 e. The smallest absolute Gasteiger partial charge is 0.253 e. The van der Waals surface area contributed by atoms with Crippen LogP contribution in [0.2, 0.25) is 0 Å². The van der Waals surface area contributed by atoms with Crippen molar-refractivity contribution in [2.24, 2.45) is 0 Å². The van der Waals surface area contributed by atoms with Gasteiger partial charge in [0.1, 0.15) is 5.01 Å². The molecule has 6 heteroatoms. The van der Waals surface area contributed by atoms with Gasteiger partial charge in [0.15, 0.2) is 0 Å². The van der Waals surface area contributed by atoms with Crippen LogP contribution in [0.15, 0.2) is 34.7 Å². The van der Waals surface area contributed by atoms with Crippen molar-refractivity contribution >= 4 is 17.2 Å². The van der Waals surface area contributed by atoms with Crippen molar-refractivity contribution in [2.45, 2.75) is 19.4 Å². The molecule has 0 aromatic carbocycles. The molecule has 2 N–H and O–H groups in total. The quantitative estimate of drug-likeness (QED) is 0.881. The molecule has 1 unspecified atom stereocenters. The summed E-state index contributed by atoms with van der Waals surface area (Å²) in [5, 5.41) is 5.66. The van der Waals surface area contributed by atoms with Crippen LogP contribution >= 0.6 is 11.3 Å². The molecule has 2 heterocycles. The lowest BCUT2D eigenvalue weighted by Crippen LogP contribution is -2.28. The van der Waals surface area contributed by atoms with Crippen LogP contribution < -0.4 is 10.9 Å². The molecular weight excluding hydrogens is 250 g/mol. The van der Waals surface area contributed by atoms with Gasteiger partial charge in [-0.15, -0.1) is 11.3 Å². The number of H-pyrrole nitrogens is 1. The van der Waals surface area contributed by atoms with Crippen LogP contribution in [0, 0.1) is 0 Å². The van der Waals surface area contributed by atoms with Crippen LogP contribution in [0.3, 0.4) is 0 Å². The fourth-order valence-corrected chi connectivity index (χ4v) is 2.31. The number of hydrogen-bond donors (Lipinski definition) is 2. The number of aromatic amines is 1. The lowest BCUT2D eigenvalue weighted by Gasteiger charge is -2.14. The zero-order valence-corrected chi connectivity index (χ0v) is 10.7. The van der Waals surface area contributed by atoms with Gasteiger partial charge in [-0.25, -0.2) is 4.98 Å². The van der Waals surface area contributed by atoms with E-state index in [2.05, 4.69) is 15.3 Å². The number of aromatic nitrogens is 2. The first kappa shape index (κ1) is 12.5. The topological polar surface area (TPSA) is 74.8 Å². The molecule has 18 heavy (non-hydrogen) atoms. The van der Waals surface area contributed by atoms with Crippen molar-refractivity contribution in [1.29, 1.82) is 0 Å². The molecular formula is C12H13N3O2S. The van der Waals surface area contributed by atoms with Crippen LogP contribution in [0.5, 0.6) is 0 Å². The molecule has 1 amide bonds. The summed E-state index contributed by atoms with van der Waals surface area (Å²) < 4.78 is 0. The minimum atomic E-state index is -0.224. The van der Waals surface area contributed by atoms with Crippen molar-refractivity contribution in [3.05, 3.63) is 50.8 Å². The number of nitrogens with one attached hydrogen (secondary N) is 2. The van der Waals surface area contributed by atoms with Gasteiger partial charge >= 0.3 is 0 Å². The van der Waals surface area contributed by atoms with Gasteiger partial charge in [-0.2, -0.15) is 0 Å². The second kappa shape index (κ2) is 5.59. The van der Waals surface area contributed by atoms with Gasteiger partial charge in [0.05, 0.1) is 11.6 Å². The monoisotopic (exact) mass is 263 g/mol. The average molecular weight is 263 g/mol. The SMILES string of the molecule is CCC(NC(=O)c1ccc(=O)[nH]c1)c1nccs1. The summed E-state index contributed by atoms with van der Waals surface area (Å²) in [6, 6.07) is 2.74. The number of hydrogen-bond acceptors (Lipinski definition) is 4. The number of thiazole rings is 1. The lowest BCUT2D eigenvalue weighted by atomic mass is 10.2. The third-order valence-corrected chi connectivity index (χ3v) is 3.40. The van der Waals surface area contributed by atoms with Crippen LogP contribution in [0.1, 0.15) is 34.8 Å². The van der Waals surface area contributed by atoms with Gasteiger partial charge in [0.25, 0.3) is 5.91 Å². The van der Waals surface area contributed by atoms with E-state index in [4.69, 9.17) is 0 Å². The molecule has 94 valence electrons. The zero-order chi connectivity index (χ0) is 13.0. The summed E-state index contributed by atoms with van der Waals surface area (Å²) in [5.74, 6) is -0.215. The third kappa shape index (κ3) is 2.84. The minimum absolute atomic E-state index is 0.0931. The number of rotatable bonds is 4. The standard InChI is InChI=1S/C12H13N3O2S/c1-2-9(12-13-5-6-18-12)15-11(17)8-3-4-10(16)14-7-8/h3-7,9H,2H2,1H3,(H,14,16)(H,15,17). The zero-order valence-electron chi connectivity index (χ0n) is 9.84. The molecule has 0 aliphatic rings. The van der Waals surface area contributed by atoms with E-state index in [1.54, 1.807) is 6.20 Å². The highest BCUT2D eigenvalue weighted by Crippen LogP contribution is 2.19. The van der Waals surface area contributed by atoms with Crippen LogP contribution in [0.25, 0.3) is 0 Å². The number of pyridine rings is 1. The number of carbonyl (C=O) groups excluding carboxylic acids is 1. The van der Waals surface area contributed by atoms with Gasteiger partial charge in [0.2, 0.25) is 5.56 Å². The summed E-state index contributed by atoms with van der Waals surface area (Å²) in [5.41, 5.74) is 0.211. The first-order valence-electron chi connectivity index (χ1n) is 5.59. The first-order valence-corrected chi connectivity index (χ1v) is 6.47. The molecule has 0 fully saturated rings. The molecule has 0 saturated carbocycles. The number of amides is 1. The molecule has 2 aromatic rings. The Bertz CT molecular complexity index is 557. The highest BCUT2D eigenvalue weighted by atomic mass is 32.1. The normalized spacial score (nSPS) is 12.1. The molecule has 1 atom stereocenters. The van der Waals surface area contributed by atoms with Crippen molar-refractivity contribution in [3.8, 4) is 0 Å². The Hall–Kier alpha value is -1.95. The second-order valence-electron chi connectivity index (χ2n) is 3.75. The number of nitrogens with zero attached hydrogens (tertiary/aromatic N) is 1. The lowest BCUT2D eigenvalue weighted by molar-refractivity contribution is 0.0935. The summed E-state index contributed by atoms with van der Waals surface area (Å²) in [7, 11) is 0. The van der Waals surface area contributed by atoms with E-state index in [1.165, 1.54) is 29.7 Å². The molecule has 5 nitrogen and oxygen atoms in total. The van der Waals surface area contributed by atoms with Crippen molar-refractivity contribution in [2.75, 3.05) is 0 Å². The molecule has 0 saturated heterocycles. The fourth-order valence-electron chi connectivity index (χ4n) is 1.54. The average Bonchev–Trinajstić information content (AvgIpc) is 2.90. The maximum absolute atomic E-state index is 12.0. The fraction of sp³-hybridized carbons (Fsp3) is 0.250. The summed E-state index contributed by atoms with van der Waals surface area (Å²) in [4.78, 5) is 29.5. The Morgan fingerprint density at radius 1 is 1.56 bits per heavy atom. The molecule has 0 radical (unpaired) electrons. The van der Waals surface area contributed by atoms with E-state index in [-0.39, 0.29) is 17.5 Å². The van der Waals surface area contributed by atoms with Gasteiger partial charge in [-0.05, 0) is 12.5 Å². The molecule has 0 spiro atoms. The van der Waals surface area contributed by atoms with E-state index in [1.807, 2.05) is 12.3 Å². The minimum Gasteiger partial charge on any atom is -0.343 e. The molecule has 0 aliphatic carbocycles. The largest absolute Gasteiger partial charge is 0.343 e. The molecule has 2 aromatic heterocycles. The van der Waals surface area contributed by atoms with E-state index < -0.39 is 0 Å². The summed E-state index contributed by atoms with van der Waals surface area (Å²) in [6.07, 6.45) is 3.89.